The average molecular weight is 261 g/mol. The van der Waals surface area contributed by atoms with Crippen LogP contribution in [0.4, 0.5) is 0 Å². The van der Waals surface area contributed by atoms with Gasteiger partial charge in [0, 0.05) is 11.5 Å². The van der Waals surface area contributed by atoms with Gasteiger partial charge in [0.2, 0.25) is 0 Å². The summed E-state index contributed by atoms with van der Waals surface area (Å²) >= 11 is 0. The quantitative estimate of drug-likeness (QED) is 0.885. The van der Waals surface area contributed by atoms with Crippen molar-refractivity contribution in [2.45, 2.75) is 43.2 Å². The monoisotopic (exact) mass is 261 g/mol. The number of fused-ring (bicyclic) bond motifs is 1. The molecular formula is C16H23NO2. The van der Waals surface area contributed by atoms with E-state index >= 15 is 0 Å². The minimum absolute atomic E-state index is 0.128. The van der Waals surface area contributed by atoms with Gasteiger partial charge < -0.3 is 14.7 Å². The van der Waals surface area contributed by atoms with E-state index in [1.807, 2.05) is 0 Å². The molecular weight excluding hydrogens is 238 g/mol. The number of aliphatic hydroxyl groups is 1. The fraction of sp³-hybridized carbons (Fsp3) is 0.625. The molecule has 1 aromatic rings. The average Bonchev–Trinajstić information content (AvgIpc) is 2.78. The molecule has 2 aliphatic rings. The van der Waals surface area contributed by atoms with Crippen LogP contribution in [0.2, 0.25) is 0 Å². The van der Waals surface area contributed by atoms with Gasteiger partial charge in [0.1, 0.15) is 5.75 Å². The fourth-order valence-electron chi connectivity index (χ4n) is 4.02. The standard InChI is InChI=1S/C16H23NO2/c1-17-10-9-16(8-7-13(18)11-15(16)17)12-3-5-14(19-2)6-4-12/h3-6,13,15,18H,7-11H2,1-2H3/t13-,15+,16+/m1/s1. The first-order valence-electron chi connectivity index (χ1n) is 7.18. The van der Waals surface area contributed by atoms with Crippen molar-refractivity contribution >= 4 is 0 Å². The van der Waals surface area contributed by atoms with Crippen molar-refractivity contribution in [2.24, 2.45) is 0 Å². The molecule has 1 saturated carbocycles. The lowest BCUT2D eigenvalue weighted by Gasteiger charge is -2.43. The topological polar surface area (TPSA) is 32.7 Å². The van der Waals surface area contributed by atoms with E-state index in [-0.39, 0.29) is 11.5 Å². The van der Waals surface area contributed by atoms with Crippen molar-refractivity contribution in [3.63, 3.8) is 0 Å². The summed E-state index contributed by atoms with van der Waals surface area (Å²) in [5, 5.41) is 9.97. The molecule has 1 N–H and O–H groups in total. The Morgan fingerprint density at radius 2 is 2.00 bits per heavy atom. The third-order valence-electron chi connectivity index (χ3n) is 5.16. The Morgan fingerprint density at radius 1 is 1.26 bits per heavy atom. The second-order valence-electron chi connectivity index (χ2n) is 6.06. The van der Waals surface area contributed by atoms with E-state index in [9.17, 15) is 5.11 Å². The summed E-state index contributed by atoms with van der Waals surface area (Å²) in [5.41, 5.74) is 1.65. The van der Waals surface area contributed by atoms with Crippen LogP contribution in [0.5, 0.6) is 5.75 Å². The van der Waals surface area contributed by atoms with Crippen LogP contribution < -0.4 is 4.74 Å². The summed E-state index contributed by atoms with van der Waals surface area (Å²) in [5.74, 6) is 0.916. The second kappa shape index (κ2) is 4.80. The Morgan fingerprint density at radius 3 is 2.68 bits per heavy atom. The zero-order chi connectivity index (χ0) is 13.5. The van der Waals surface area contributed by atoms with Gasteiger partial charge in [-0.25, -0.2) is 0 Å². The number of benzene rings is 1. The van der Waals surface area contributed by atoms with Crippen LogP contribution in [-0.2, 0) is 5.41 Å². The molecule has 3 heteroatoms. The zero-order valence-corrected chi connectivity index (χ0v) is 11.8. The predicted octanol–water partition coefficient (Wildman–Crippen LogP) is 2.18. The van der Waals surface area contributed by atoms with Crippen LogP contribution in [0.25, 0.3) is 0 Å². The highest BCUT2D eigenvalue weighted by Crippen LogP contribution is 2.48. The van der Waals surface area contributed by atoms with Crippen LogP contribution in [0.3, 0.4) is 0 Å². The normalized spacial score (nSPS) is 35.1. The zero-order valence-electron chi connectivity index (χ0n) is 11.8. The van der Waals surface area contributed by atoms with Gasteiger partial charge in [-0.2, -0.15) is 0 Å². The first-order valence-corrected chi connectivity index (χ1v) is 7.18. The van der Waals surface area contributed by atoms with E-state index in [1.54, 1.807) is 7.11 Å². The number of rotatable bonds is 2. The lowest BCUT2D eigenvalue weighted by atomic mass is 9.65. The number of likely N-dealkylation sites (tertiary alicyclic amines) is 1. The summed E-state index contributed by atoms with van der Waals surface area (Å²) in [6.45, 7) is 1.13. The maximum Gasteiger partial charge on any atom is 0.118 e. The number of methoxy groups -OCH3 is 1. The van der Waals surface area contributed by atoms with Gasteiger partial charge in [-0.15, -0.1) is 0 Å². The Labute approximate surface area is 115 Å². The van der Waals surface area contributed by atoms with Gasteiger partial charge in [0.25, 0.3) is 0 Å². The molecule has 104 valence electrons. The molecule has 0 radical (unpaired) electrons. The second-order valence-corrected chi connectivity index (χ2v) is 6.06. The number of likely N-dealkylation sites (N-methyl/N-ethyl adjacent to an activating group) is 1. The van der Waals surface area contributed by atoms with E-state index in [0.29, 0.717) is 6.04 Å². The predicted molar refractivity (Wildman–Crippen MR) is 75.6 cm³/mol. The van der Waals surface area contributed by atoms with Crippen LogP contribution in [0.15, 0.2) is 24.3 Å². The largest absolute Gasteiger partial charge is 0.497 e. The fourth-order valence-corrected chi connectivity index (χ4v) is 4.02. The van der Waals surface area contributed by atoms with E-state index in [1.165, 1.54) is 12.0 Å². The van der Waals surface area contributed by atoms with Crippen LogP contribution >= 0.6 is 0 Å². The Balaban J connectivity index is 1.95. The molecule has 3 rings (SSSR count). The molecule has 1 aliphatic heterocycles. The van der Waals surface area contributed by atoms with E-state index < -0.39 is 0 Å². The Bertz CT molecular complexity index is 445. The minimum atomic E-state index is -0.128. The molecule has 0 aromatic heterocycles. The molecule has 0 bridgehead atoms. The molecule has 1 aromatic carbocycles. The van der Waals surface area contributed by atoms with Crippen molar-refractivity contribution < 1.29 is 9.84 Å². The number of aliphatic hydroxyl groups excluding tert-OH is 1. The Hall–Kier alpha value is -1.06. The summed E-state index contributed by atoms with van der Waals surface area (Å²) < 4.78 is 5.25. The van der Waals surface area contributed by atoms with E-state index in [0.717, 1.165) is 31.6 Å². The number of hydrogen-bond acceptors (Lipinski definition) is 3. The van der Waals surface area contributed by atoms with E-state index in [2.05, 4.69) is 36.2 Å². The van der Waals surface area contributed by atoms with Crippen molar-refractivity contribution in [3.05, 3.63) is 29.8 Å². The third-order valence-corrected chi connectivity index (χ3v) is 5.16. The highest BCUT2D eigenvalue weighted by atomic mass is 16.5. The Kier molecular flexibility index (Phi) is 3.27. The van der Waals surface area contributed by atoms with Gasteiger partial charge in [-0.3, -0.25) is 0 Å². The molecule has 2 fully saturated rings. The lowest BCUT2D eigenvalue weighted by Crippen LogP contribution is -2.47. The van der Waals surface area contributed by atoms with E-state index in [4.69, 9.17) is 4.74 Å². The summed E-state index contributed by atoms with van der Waals surface area (Å²) in [6.07, 6.45) is 4.00. The van der Waals surface area contributed by atoms with Crippen molar-refractivity contribution in [2.75, 3.05) is 20.7 Å². The van der Waals surface area contributed by atoms with Gasteiger partial charge in [0.05, 0.1) is 13.2 Å². The summed E-state index contributed by atoms with van der Waals surface area (Å²) in [4.78, 5) is 2.42. The summed E-state index contributed by atoms with van der Waals surface area (Å²) in [7, 11) is 3.89. The molecule has 3 nitrogen and oxygen atoms in total. The molecule has 0 amide bonds. The number of nitrogens with zero attached hydrogens (tertiary/aromatic N) is 1. The van der Waals surface area contributed by atoms with Crippen LogP contribution in [0, 0.1) is 0 Å². The van der Waals surface area contributed by atoms with Gasteiger partial charge >= 0.3 is 0 Å². The smallest absolute Gasteiger partial charge is 0.118 e. The molecule has 1 saturated heterocycles. The van der Waals surface area contributed by atoms with Gasteiger partial charge in [-0.1, -0.05) is 12.1 Å². The minimum Gasteiger partial charge on any atom is -0.497 e. The number of hydrogen-bond donors (Lipinski definition) is 1. The first-order chi connectivity index (χ1) is 9.15. The molecule has 1 heterocycles. The molecule has 0 unspecified atom stereocenters. The number of ether oxygens (including phenoxy) is 1. The van der Waals surface area contributed by atoms with Gasteiger partial charge in [-0.05, 0) is 57.0 Å². The van der Waals surface area contributed by atoms with Crippen LogP contribution in [0.1, 0.15) is 31.2 Å². The third kappa shape index (κ3) is 2.05. The summed E-state index contributed by atoms with van der Waals surface area (Å²) in [6, 6.07) is 9.02. The SMILES string of the molecule is COc1ccc([C@@]23CC[C@@H](O)C[C@@H]2N(C)CC3)cc1. The van der Waals surface area contributed by atoms with Crippen molar-refractivity contribution in [1.29, 1.82) is 0 Å². The van der Waals surface area contributed by atoms with Crippen LogP contribution in [-0.4, -0.2) is 42.9 Å². The maximum atomic E-state index is 9.97. The molecule has 19 heavy (non-hydrogen) atoms. The van der Waals surface area contributed by atoms with Crippen molar-refractivity contribution in [3.8, 4) is 5.75 Å². The first kappa shape index (κ1) is 12.9. The van der Waals surface area contributed by atoms with Crippen molar-refractivity contribution in [1.82, 2.24) is 4.90 Å². The maximum absolute atomic E-state index is 9.97. The lowest BCUT2D eigenvalue weighted by molar-refractivity contribution is 0.0567. The highest BCUT2D eigenvalue weighted by Gasteiger charge is 2.49. The molecule has 1 aliphatic carbocycles. The molecule has 0 spiro atoms. The molecule has 3 atom stereocenters. The highest BCUT2D eigenvalue weighted by molar-refractivity contribution is 5.35. The van der Waals surface area contributed by atoms with Gasteiger partial charge in [0.15, 0.2) is 0 Å².